The molecular weight excluding hydrogens is 242 g/mol. The minimum absolute atomic E-state index is 0.354. The highest BCUT2D eigenvalue weighted by Crippen LogP contribution is 2.35. The van der Waals surface area contributed by atoms with E-state index in [0.717, 1.165) is 12.5 Å². The van der Waals surface area contributed by atoms with Gasteiger partial charge in [-0.15, -0.1) is 11.3 Å². The maximum absolute atomic E-state index is 12.4. The van der Waals surface area contributed by atoms with E-state index in [9.17, 15) is 4.79 Å². The maximum Gasteiger partial charge on any atom is 0.228 e. The molecule has 98 valence electrons. The molecule has 18 heavy (non-hydrogen) atoms. The summed E-state index contributed by atoms with van der Waals surface area (Å²) in [6, 6.07) is 4.66. The average molecular weight is 263 g/mol. The first-order chi connectivity index (χ1) is 8.84. The van der Waals surface area contributed by atoms with Crippen LogP contribution in [0.15, 0.2) is 17.5 Å². The van der Waals surface area contributed by atoms with Gasteiger partial charge in [-0.3, -0.25) is 4.79 Å². The van der Waals surface area contributed by atoms with E-state index in [2.05, 4.69) is 16.3 Å². The van der Waals surface area contributed by atoms with Crippen LogP contribution in [-0.2, 0) is 11.2 Å². The van der Waals surface area contributed by atoms with Gasteiger partial charge in [-0.25, -0.2) is 0 Å². The molecule has 0 spiro atoms. The topological polar surface area (TPSA) is 20.3 Å². The molecule has 2 aliphatic rings. The number of carbonyl (C=O) groups excluding carboxylic acids is 1. The Hall–Kier alpha value is -0.830. The van der Waals surface area contributed by atoms with Crippen molar-refractivity contribution in [3.05, 3.63) is 22.4 Å². The van der Waals surface area contributed by atoms with E-state index in [4.69, 9.17) is 0 Å². The van der Waals surface area contributed by atoms with Crippen LogP contribution in [0.3, 0.4) is 0 Å². The summed E-state index contributed by atoms with van der Waals surface area (Å²) in [5, 5.41) is 2.06. The number of hydrogen-bond donors (Lipinski definition) is 0. The van der Waals surface area contributed by atoms with Crippen LogP contribution in [0.1, 0.15) is 43.4 Å². The van der Waals surface area contributed by atoms with Crippen LogP contribution < -0.4 is 0 Å². The van der Waals surface area contributed by atoms with Gasteiger partial charge in [0.2, 0.25) is 5.91 Å². The summed E-state index contributed by atoms with van der Waals surface area (Å²) in [6.45, 7) is 0.991. The molecule has 1 aliphatic carbocycles. The van der Waals surface area contributed by atoms with Gasteiger partial charge in [-0.2, -0.15) is 0 Å². The van der Waals surface area contributed by atoms with Crippen molar-refractivity contribution in [3.63, 3.8) is 0 Å². The van der Waals surface area contributed by atoms with Gasteiger partial charge in [-0.05, 0) is 43.0 Å². The smallest absolute Gasteiger partial charge is 0.228 e. The molecule has 0 bridgehead atoms. The lowest BCUT2D eigenvalue weighted by Gasteiger charge is -2.29. The van der Waals surface area contributed by atoms with Crippen molar-refractivity contribution in [2.45, 2.75) is 51.0 Å². The zero-order chi connectivity index (χ0) is 12.4. The van der Waals surface area contributed by atoms with Crippen molar-refractivity contribution in [3.8, 4) is 0 Å². The Morgan fingerprint density at radius 2 is 2.11 bits per heavy atom. The van der Waals surface area contributed by atoms with Crippen molar-refractivity contribution in [2.24, 2.45) is 5.92 Å². The number of thiophene rings is 1. The molecule has 1 aliphatic heterocycles. The van der Waals surface area contributed by atoms with Gasteiger partial charge in [0.25, 0.3) is 0 Å². The molecule has 1 unspecified atom stereocenters. The fourth-order valence-electron chi connectivity index (χ4n) is 3.60. The quantitative estimate of drug-likeness (QED) is 0.817. The third-order valence-electron chi connectivity index (χ3n) is 4.47. The van der Waals surface area contributed by atoms with E-state index in [1.54, 1.807) is 11.3 Å². The van der Waals surface area contributed by atoms with Crippen LogP contribution in [0.25, 0.3) is 0 Å². The van der Waals surface area contributed by atoms with Crippen LogP contribution in [0.2, 0.25) is 0 Å². The molecule has 1 saturated heterocycles. The van der Waals surface area contributed by atoms with Gasteiger partial charge in [0, 0.05) is 17.5 Å². The predicted octanol–water partition coefficient (Wildman–Crippen LogP) is 3.47. The normalized spacial score (nSPS) is 24.9. The molecule has 2 nitrogen and oxygen atoms in total. The summed E-state index contributed by atoms with van der Waals surface area (Å²) in [6.07, 6.45) is 8.47. The fourth-order valence-corrected chi connectivity index (χ4v) is 4.29. The molecule has 3 rings (SSSR count). The molecule has 3 heteroatoms. The van der Waals surface area contributed by atoms with Gasteiger partial charge in [0.1, 0.15) is 0 Å². The Kier molecular flexibility index (Phi) is 3.69. The lowest BCUT2D eigenvalue weighted by atomic mass is 9.96. The summed E-state index contributed by atoms with van der Waals surface area (Å²) in [4.78, 5) is 15.8. The van der Waals surface area contributed by atoms with E-state index in [1.165, 1.54) is 43.4 Å². The second-order valence-electron chi connectivity index (χ2n) is 5.60. The van der Waals surface area contributed by atoms with Crippen LogP contribution in [0, 0.1) is 5.92 Å². The highest BCUT2D eigenvalue weighted by molar-refractivity contribution is 7.10. The first kappa shape index (κ1) is 12.2. The lowest BCUT2D eigenvalue weighted by molar-refractivity contribution is -0.132. The van der Waals surface area contributed by atoms with E-state index in [1.807, 2.05) is 6.07 Å². The third kappa shape index (κ3) is 2.46. The largest absolute Gasteiger partial charge is 0.339 e. The number of rotatable bonds is 3. The van der Waals surface area contributed by atoms with Crippen LogP contribution in [-0.4, -0.2) is 23.4 Å². The number of amides is 1. The Morgan fingerprint density at radius 3 is 2.83 bits per heavy atom. The van der Waals surface area contributed by atoms with Gasteiger partial charge in [0.15, 0.2) is 0 Å². The average Bonchev–Trinajstić information content (AvgIpc) is 3.11. The second-order valence-corrected chi connectivity index (χ2v) is 6.63. The summed E-state index contributed by atoms with van der Waals surface area (Å²) in [5.74, 6) is 1.15. The van der Waals surface area contributed by atoms with Crippen molar-refractivity contribution in [1.29, 1.82) is 0 Å². The number of hydrogen-bond acceptors (Lipinski definition) is 2. The molecule has 1 atom stereocenters. The standard InChI is InChI=1S/C15H21NOS/c17-15(11-13-7-4-10-18-13)16-9-3-8-14(16)12-5-1-2-6-12/h4,7,10,12,14H,1-3,5-6,8-9,11H2. The molecule has 1 saturated carbocycles. The van der Waals surface area contributed by atoms with Crippen LogP contribution >= 0.6 is 11.3 Å². The first-order valence-electron chi connectivity index (χ1n) is 7.16. The summed E-state index contributed by atoms with van der Waals surface area (Å²) in [5.41, 5.74) is 0. The van der Waals surface area contributed by atoms with Crippen molar-refractivity contribution < 1.29 is 4.79 Å². The van der Waals surface area contributed by atoms with Crippen molar-refractivity contribution in [1.82, 2.24) is 4.90 Å². The predicted molar refractivity (Wildman–Crippen MR) is 74.7 cm³/mol. The fraction of sp³-hybridized carbons (Fsp3) is 0.667. The number of nitrogens with zero attached hydrogens (tertiary/aromatic N) is 1. The molecule has 0 aromatic carbocycles. The van der Waals surface area contributed by atoms with Gasteiger partial charge < -0.3 is 4.90 Å². The third-order valence-corrected chi connectivity index (χ3v) is 5.35. The summed E-state index contributed by atoms with van der Waals surface area (Å²) >= 11 is 1.70. The molecule has 0 N–H and O–H groups in total. The minimum Gasteiger partial charge on any atom is -0.339 e. The van der Waals surface area contributed by atoms with Crippen molar-refractivity contribution in [2.75, 3.05) is 6.54 Å². The van der Waals surface area contributed by atoms with Gasteiger partial charge in [-0.1, -0.05) is 18.9 Å². The Morgan fingerprint density at radius 1 is 1.28 bits per heavy atom. The Bertz CT molecular complexity index is 395. The molecule has 2 fully saturated rings. The molecule has 1 amide bonds. The van der Waals surface area contributed by atoms with Crippen LogP contribution in [0.5, 0.6) is 0 Å². The highest BCUT2D eigenvalue weighted by atomic mass is 32.1. The monoisotopic (exact) mass is 263 g/mol. The van der Waals surface area contributed by atoms with Gasteiger partial charge >= 0.3 is 0 Å². The zero-order valence-corrected chi connectivity index (χ0v) is 11.6. The molecule has 2 heterocycles. The van der Waals surface area contributed by atoms with E-state index in [0.29, 0.717) is 18.4 Å². The summed E-state index contributed by atoms with van der Waals surface area (Å²) < 4.78 is 0. The maximum atomic E-state index is 12.4. The molecule has 0 radical (unpaired) electrons. The first-order valence-corrected chi connectivity index (χ1v) is 8.04. The lowest BCUT2D eigenvalue weighted by Crippen LogP contribution is -2.40. The Balaban J connectivity index is 1.64. The summed E-state index contributed by atoms with van der Waals surface area (Å²) in [7, 11) is 0. The van der Waals surface area contributed by atoms with Crippen LogP contribution in [0.4, 0.5) is 0 Å². The van der Waals surface area contributed by atoms with E-state index >= 15 is 0 Å². The van der Waals surface area contributed by atoms with E-state index < -0.39 is 0 Å². The highest BCUT2D eigenvalue weighted by Gasteiger charge is 2.35. The second kappa shape index (κ2) is 5.43. The Labute approximate surface area is 113 Å². The van der Waals surface area contributed by atoms with E-state index in [-0.39, 0.29) is 0 Å². The zero-order valence-electron chi connectivity index (χ0n) is 10.8. The van der Waals surface area contributed by atoms with Crippen molar-refractivity contribution >= 4 is 17.2 Å². The molecule has 1 aromatic rings. The molecule has 1 aromatic heterocycles. The number of likely N-dealkylation sites (tertiary alicyclic amines) is 1. The van der Waals surface area contributed by atoms with Gasteiger partial charge in [0.05, 0.1) is 6.42 Å². The SMILES string of the molecule is O=C(Cc1cccs1)N1CCCC1C1CCCC1. The molecular formula is C15H21NOS. The minimum atomic E-state index is 0.354. The number of carbonyl (C=O) groups is 1.